The van der Waals surface area contributed by atoms with Gasteiger partial charge in [-0.25, -0.2) is 10.1 Å². The fraction of sp³-hybridized carbons (Fsp3) is 0.250. The first-order chi connectivity index (χ1) is 15.3. The standard InChI is InChI=1S/C20H15ClF3N5O4/c1-19(2,32)13-6-11(28-29-17(13)30)7-14-26-16(20(22,23)24)15(18(31)27-14)33-12-4-9(8-25)3-10(21)5-12/h3-6,32H,7H2,1-2H3,(H,29,30)(H,26,27,31). The highest BCUT2D eigenvalue weighted by Crippen LogP contribution is 2.35. The molecule has 2 aromatic heterocycles. The minimum absolute atomic E-state index is 0.0128. The third-order valence-corrected chi connectivity index (χ3v) is 4.50. The second kappa shape index (κ2) is 8.68. The van der Waals surface area contributed by atoms with Crippen LogP contribution in [0.5, 0.6) is 11.5 Å². The Morgan fingerprint density at radius 2 is 1.88 bits per heavy atom. The van der Waals surface area contributed by atoms with E-state index in [0.29, 0.717) is 0 Å². The van der Waals surface area contributed by atoms with Gasteiger partial charge in [0.1, 0.15) is 11.6 Å². The Morgan fingerprint density at radius 3 is 2.48 bits per heavy atom. The molecule has 3 N–H and O–H groups in total. The number of hydrogen-bond acceptors (Lipinski definition) is 7. The van der Waals surface area contributed by atoms with E-state index in [9.17, 15) is 27.9 Å². The highest BCUT2D eigenvalue weighted by Gasteiger charge is 2.39. The maximum Gasteiger partial charge on any atom is 0.437 e. The van der Waals surface area contributed by atoms with Gasteiger partial charge in [0.15, 0.2) is 5.69 Å². The second-order valence-corrected chi connectivity index (χ2v) is 7.85. The van der Waals surface area contributed by atoms with Crippen LogP contribution in [-0.4, -0.2) is 25.3 Å². The Hall–Kier alpha value is -3.69. The first kappa shape index (κ1) is 24.0. The smallest absolute Gasteiger partial charge is 0.437 e. The number of H-pyrrole nitrogens is 2. The monoisotopic (exact) mass is 481 g/mol. The summed E-state index contributed by atoms with van der Waals surface area (Å²) in [5.41, 5.74) is -5.07. The molecule has 0 bridgehead atoms. The first-order valence-corrected chi connectivity index (χ1v) is 9.56. The van der Waals surface area contributed by atoms with Gasteiger partial charge in [-0.3, -0.25) is 9.59 Å². The summed E-state index contributed by atoms with van der Waals surface area (Å²) in [7, 11) is 0. The number of alkyl halides is 3. The van der Waals surface area contributed by atoms with E-state index in [1.807, 2.05) is 0 Å². The Balaban J connectivity index is 2.05. The van der Waals surface area contributed by atoms with E-state index in [-0.39, 0.29) is 27.6 Å². The number of nitriles is 1. The third-order valence-electron chi connectivity index (χ3n) is 4.28. The lowest BCUT2D eigenvalue weighted by molar-refractivity contribution is -0.142. The topological polar surface area (TPSA) is 145 Å². The fourth-order valence-electron chi connectivity index (χ4n) is 2.85. The van der Waals surface area contributed by atoms with Crippen molar-refractivity contribution in [2.45, 2.75) is 32.0 Å². The van der Waals surface area contributed by atoms with Crippen molar-refractivity contribution in [3.63, 3.8) is 0 Å². The summed E-state index contributed by atoms with van der Waals surface area (Å²) < 4.78 is 46.2. The number of aromatic amines is 2. The Morgan fingerprint density at radius 1 is 1.18 bits per heavy atom. The van der Waals surface area contributed by atoms with Crippen molar-refractivity contribution in [2.24, 2.45) is 0 Å². The molecule has 0 unspecified atom stereocenters. The van der Waals surface area contributed by atoms with Crippen LogP contribution in [0.25, 0.3) is 0 Å². The molecular formula is C20H15ClF3N5O4. The van der Waals surface area contributed by atoms with Gasteiger partial charge in [0.2, 0.25) is 5.75 Å². The van der Waals surface area contributed by atoms with E-state index < -0.39 is 46.6 Å². The maximum atomic E-state index is 13.7. The van der Waals surface area contributed by atoms with E-state index in [2.05, 4.69) is 20.2 Å². The van der Waals surface area contributed by atoms with Gasteiger partial charge in [-0.1, -0.05) is 11.6 Å². The summed E-state index contributed by atoms with van der Waals surface area (Å²) >= 11 is 5.83. The van der Waals surface area contributed by atoms with Crippen molar-refractivity contribution in [3.05, 3.63) is 78.3 Å². The number of aliphatic hydroxyl groups is 1. The van der Waals surface area contributed by atoms with Gasteiger partial charge in [0.05, 0.1) is 28.5 Å². The number of rotatable bonds is 5. The van der Waals surface area contributed by atoms with Gasteiger partial charge >= 0.3 is 6.18 Å². The van der Waals surface area contributed by atoms with Gasteiger partial charge in [0, 0.05) is 11.4 Å². The predicted octanol–water partition coefficient (Wildman–Crippen LogP) is 3.01. The number of halogens is 4. The molecule has 1 aromatic carbocycles. The highest BCUT2D eigenvalue weighted by molar-refractivity contribution is 6.30. The fourth-order valence-corrected chi connectivity index (χ4v) is 3.07. The average molecular weight is 482 g/mol. The lowest BCUT2D eigenvalue weighted by atomic mass is 9.99. The van der Waals surface area contributed by atoms with Crippen molar-refractivity contribution in [1.82, 2.24) is 20.2 Å². The molecule has 9 nitrogen and oxygen atoms in total. The molecular weight excluding hydrogens is 467 g/mol. The Bertz CT molecular complexity index is 1370. The number of hydrogen-bond donors (Lipinski definition) is 3. The summed E-state index contributed by atoms with van der Waals surface area (Å²) in [6, 6.07) is 6.49. The lowest BCUT2D eigenvalue weighted by Crippen LogP contribution is -2.28. The molecule has 13 heteroatoms. The van der Waals surface area contributed by atoms with Crippen LogP contribution in [0, 0.1) is 11.3 Å². The zero-order chi connectivity index (χ0) is 24.6. The molecule has 0 atom stereocenters. The van der Waals surface area contributed by atoms with Crippen molar-refractivity contribution in [3.8, 4) is 17.6 Å². The highest BCUT2D eigenvalue weighted by atomic mass is 35.5. The zero-order valence-electron chi connectivity index (χ0n) is 17.0. The molecule has 33 heavy (non-hydrogen) atoms. The first-order valence-electron chi connectivity index (χ1n) is 9.18. The SMILES string of the molecule is CC(C)(O)c1cc(Cc2nc(C(F)(F)F)c(Oc3cc(Cl)cc(C#N)c3)c(=O)[nH]2)n[nH]c1=O. The lowest BCUT2D eigenvalue weighted by Gasteiger charge is -2.17. The number of benzene rings is 1. The van der Waals surface area contributed by atoms with Crippen molar-refractivity contribution in [2.75, 3.05) is 0 Å². The second-order valence-electron chi connectivity index (χ2n) is 7.42. The molecule has 172 valence electrons. The van der Waals surface area contributed by atoms with Crippen LogP contribution in [0.15, 0.2) is 33.9 Å². The molecule has 2 heterocycles. The quantitative estimate of drug-likeness (QED) is 0.508. The van der Waals surface area contributed by atoms with Crippen LogP contribution in [-0.2, 0) is 18.2 Å². The van der Waals surface area contributed by atoms with Crippen molar-refractivity contribution >= 4 is 11.6 Å². The van der Waals surface area contributed by atoms with Crippen LogP contribution in [0.2, 0.25) is 5.02 Å². The van der Waals surface area contributed by atoms with E-state index in [0.717, 1.165) is 12.1 Å². The van der Waals surface area contributed by atoms with Crippen LogP contribution in [0.4, 0.5) is 13.2 Å². The molecule has 0 saturated carbocycles. The van der Waals surface area contributed by atoms with Gasteiger partial charge in [0.25, 0.3) is 11.1 Å². The molecule has 0 aliphatic carbocycles. The average Bonchev–Trinajstić information content (AvgIpc) is 2.69. The van der Waals surface area contributed by atoms with E-state index in [1.54, 1.807) is 6.07 Å². The summed E-state index contributed by atoms with van der Waals surface area (Å²) in [5.74, 6) is -1.81. The molecule has 0 fully saturated rings. The molecule has 0 saturated heterocycles. The Labute approximate surface area is 188 Å². The van der Waals surface area contributed by atoms with Crippen LogP contribution < -0.4 is 15.9 Å². The third kappa shape index (κ3) is 5.57. The predicted molar refractivity (Wildman–Crippen MR) is 109 cm³/mol. The maximum absolute atomic E-state index is 13.7. The molecule has 3 rings (SSSR count). The molecule has 0 aliphatic heterocycles. The van der Waals surface area contributed by atoms with Crippen LogP contribution in [0.3, 0.4) is 0 Å². The summed E-state index contributed by atoms with van der Waals surface area (Å²) in [4.78, 5) is 30.0. The molecule has 0 radical (unpaired) electrons. The molecule has 0 amide bonds. The van der Waals surface area contributed by atoms with Gasteiger partial charge < -0.3 is 14.8 Å². The number of nitrogens with one attached hydrogen (secondary N) is 2. The molecule has 0 aliphatic rings. The van der Waals surface area contributed by atoms with E-state index >= 15 is 0 Å². The van der Waals surface area contributed by atoms with Crippen molar-refractivity contribution in [1.29, 1.82) is 5.26 Å². The van der Waals surface area contributed by atoms with Gasteiger partial charge in [-0.2, -0.15) is 23.5 Å². The molecule has 0 spiro atoms. The van der Waals surface area contributed by atoms with Crippen LogP contribution >= 0.6 is 11.6 Å². The number of nitrogens with zero attached hydrogens (tertiary/aromatic N) is 3. The largest absolute Gasteiger partial charge is 0.449 e. The summed E-state index contributed by atoms with van der Waals surface area (Å²) in [5, 5.41) is 24.9. The van der Waals surface area contributed by atoms with E-state index in [4.69, 9.17) is 21.6 Å². The minimum atomic E-state index is -5.06. The minimum Gasteiger partial charge on any atom is -0.449 e. The zero-order valence-corrected chi connectivity index (χ0v) is 17.8. The summed E-state index contributed by atoms with van der Waals surface area (Å²) in [6.07, 6.45) is -5.46. The molecule has 3 aromatic rings. The number of ether oxygens (including phenoxy) is 1. The summed E-state index contributed by atoms with van der Waals surface area (Å²) in [6.45, 7) is 2.70. The van der Waals surface area contributed by atoms with Gasteiger partial charge in [-0.05, 0) is 38.1 Å². The van der Waals surface area contributed by atoms with Gasteiger partial charge in [-0.15, -0.1) is 0 Å². The van der Waals surface area contributed by atoms with Crippen LogP contribution in [0.1, 0.15) is 42.2 Å². The normalized spacial score (nSPS) is 11.8. The Kier molecular flexibility index (Phi) is 6.31. The van der Waals surface area contributed by atoms with E-state index in [1.165, 1.54) is 26.0 Å². The number of aromatic nitrogens is 4. The van der Waals surface area contributed by atoms with Crippen molar-refractivity contribution < 1.29 is 23.0 Å².